The van der Waals surface area contributed by atoms with Crippen LogP contribution in [0.5, 0.6) is 0 Å². The second-order valence-electron chi connectivity index (χ2n) is 9.32. The monoisotopic (exact) mass is 480 g/mol. The van der Waals surface area contributed by atoms with E-state index in [0.29, 0.717) is 38.5 Å². The smallest absolute Gasteiger partial charge is 0.354 e. The minimum Gasteiger partial charge on any atom is -0.461 e. The zero-order valence-electron chi connectivity index (χ0n) is 19.7. The molecular weight excluding hydrogens is 444 g/mol. The summed E-state index contributed by atoms with van der Waals surface area (Å²) in [4.78, 5) is 29.9. The van der Waals surface area contributed by atoms with E-state index in [1.54, 1.807) is 14.0 Å². The van der Waals surface area contributed by atoms with E-state index >= 15 is 0 Å². The van der Waals surface area contributed by atoms with Crippen molar-refractivity contribution in [1.29, 1.82) is 0 Å². The molecule has 1 saturated carbocycles. The lowest BCUT2D eigenvalue weighted by Gasteiger charge is -2.41. The lowest BCUT2D eigenvalue weighted by atomic mass is 9.94. The molecule has 10 heteroatoms. The number of amides is 1. The fourth-order valence-electron chi connectivity index (χ4n) is 5.46. The first-order valence-electron chi connectivity index (χ1n) is 12.2. The Bertz CT molecular complexity index is 961. The second kappa shape index (κ2) is 10.1. The fraction of sp³-hybridized carbons (Fsp3) is 0.739. The first kappa shape index (κ1) is 24.2. The summed E-state index contributed by atoms with van der Waals surface area (Å²) in [5.74, 6) is -0.660. The van der Waals surface area contributed by atoms with Crippen LogP contribution in [0.15, 0.2) is 17.2 Å². The molecule has 33 heavy (non-hydrogen) atoms. The Morgan fingerprint density at radius 3 is 2.36 bits per heavy atom. The van der Waals surface area contributed by atoms with Gasteiger partial charge in [0.2, 0.25) is 15.9 Å². The number of hydrogen-bond acceptors (Lipinski definition) is 6. The molecule has 1 atom stereocenters. The van der Waals surface area contributed by atoms with Crippen LogP contribution < -0.4 is 0 Å². The van der Waals surface area contributed by atoms with Crippen molar-refractivity contribution in [3.8, 4) is 0 Å². The van der Waals surface area contributed by atoms with E-state index in [9.17, 15) is 18.0 Å². The number of hydrogen-bond donors (Lipinski definition) is 0. The van der Waals surface area contributed by atoms with Gasteiger partial charge in [-0.3, -0.25) is 9.69 Å². The van der Waals surface area contributed by atoms with Gasteiger partial charge in [0.25, 0.3) is 0 Å². The van der Waals surface area contributed by atoms with Crippen LogP contribution in [0.4, 0.5) is 0 Å². The molecule has 184 valence electrons. The van der Waals surface area contributed by atoms with E-state index in [4.69, 9.17) is 4.74 Å². The number of esters is 1. The minimum absolute atomic E-state index is 0.0230. The number of sulfonamides is 1. The van der Waals surface area contributed by atoms with E-state index in [-0.39, 0.29) is 23.1 Å². The molecule has 0 N–H and O–H groups in total. The Morgan fingerprint density at radius 1 is 1.00 bits per heavy atom. The molecule has 0 spiro atoms. The number of carbonyl (C=O) groups excluding carboxylic acids is 2. The number of carbonyl (C=O) groups is 2. The summed E-state index contributed by atoms with van der Waals surface area (Å²) < 4.78 is 34.6. The average molecular weight is 481 g/mol. The highest BCUT2D eigenvalue weighted by molar-refractivity contribution is 7.89. The van der Waals surface area contributed by atoms with E-state index < -0.39 is 22.0 Å². The maximum absolute atomic E-state index is 13.4. The number of aryl methyl sites for hydroxylation is 1. The Balaban J connectivity index is 1.43. The normalized spacial score (nSPS) is 23.7. The molecule has 0 unspecified atom stereocenters. The van der Waals surface area contributed by atoms with Gasteiger partial charge < -0.3 is 14.2 Å². The molecule has 2 saturated heterocycles. The largest absolute Gasteiger partial charge is 0.461 e. The highest BCUT2D eigenvalue weighted by atomic mass is 32.2. The third-order valence-corrected chi connectivity index (χ3v) is 9.15. The van der Waals surface area contributed by atoms with Crippen molar-refractivity contribution < 1.29 is 22.7 Å². The first-order chi connectivity index (χ1) is 15.8. The summed E-state index contributed by atoms with van der Waals surface area (Å²) in [5.41, 5.74) is 0.177. The van der Waals surface area contributed by atoms with Crippen molar-refractivity contribution in [3.05, 3.63) is 18.0 Å². The summed E-state index contributed by atoms with van der Waals surface area (Å²) in [6.07, 6.45) is 8.98. The first-order valence-corrected chi connectivity index (χ1v) is 13.6. The van der Waals surface area contributed by atoms with Gasteiger partial charge in [-0.1, -0.05) is 19.3 Å². The van der Waals surface area contributed by atoms with Crippen molar-refractivity contribution in [2.75, 3.05) is 39.3 Å². The van der Waals surface area contributed by atoms with Gasteiger partial charge in [0.05, 0.1) is 6.61 Å². The Kier molecular flexibility index (Phi) is 7.45. The summed E-state index contributed by atoms with van der Waals surface area (Å²) >= 11 is 0. The van der Waals surface area contributed by atoms with E-state index in [2.05, 4.69) is 4.90 Å². The standard InChI is InChI=1S/C23H36N4O5S/c1-3-32-23(29)21-16-19(17-24(21)2)33(30,31)27-11-7-10-20(27)22(28)26-14-12-25(13-15-26)18-8-5-4-6-9-18/h16-18,20H,3-15H2,1-2H3/t20-/m0/s1. The van der Waals surface area contributed by atoms with Gasteiger partial charge in [0, 0.05) is 52.0 Å². The summed E-state index contributed by atoms with van der Waals surface area (Å²) in [5, 5.41) is 0. The van der Waals surface area contributed by atoms with Crippen molar-refractivity contribution >= 4 is 21.9 Å². The molecule has 0 radical (unpaired) electrons. The molecule has 3 fully saturated rings. The predicted molar refractivity (Wildman–Crippen MR) is 123 cm³/mol. The third-order valence-electron chi connectivity index (χ3n) is 7.28. The molecule has 0 bridgehead atoms. The fourth-order valence-corrected chi connectivity index (χ4v) is 7.18. The number of ether oxygens (including phenoxy) is 1. The van der Waals surface area contributed by atoms with Crippen molar-refractivity contribution in [2.45, 2.75) is 68.8 Å². The quantitative estimate of drug-likeness (QED) is 0.577. The van der Waals surface area contributed by atoms with E-state index in [1.807, 2.05) is 4.90 Å². The Morgan fingerprint density at radius 2 is 1.70 bits per heavy atom. The highest BCUT2D eigenvalue weighted by Crippen LogP contribution is 2.29. The molecule has 9 nitrogen and oxygen atoms in total. The van der Waals surface area contributed by atoms with Crippen LogP contribution in [0, 0.1) is 0 Å². The van der Waals surface area contributed by atoms with Gasteiger partial charge in [-0.15, -0.1) is 0 Å². The maximum Gasteiger partial charge on any atom is 0.354 e. The average Bonchev–Trinajstić information content (AvgIpc) is 3.47. The lowest BCUT2D eigenvalue weighted by molar-refractivity contribution is -0.136. The zero-order chi connectivity index (χ0) is 23.6. The van der Waals surface area contributed by atoms with Crippen molar-refractivity contribution in [3.63, 3.8) is 0 Å². The van der Waals surface area contributed by atoms with Gasteiger partial charge in [-0.25, -0.2) is 13.2 Å². The van der Waals surface area contributed by atoms with Crippen LogP contribution in [0.25, 0.3) is 0 Å². The SMILES string of the molecule is CCOC(=O)c1cc(S(=O)(=O)N2CCC[C@H]2C(=O)N2CCN(C3CCCCC3)CC2)cn1C. The highest BCUT2D eigenvalue weighted by Gasteiger charge is 2.42. The third kappa shape index (κ3) is 4.97. The summed E-state index contributed by atoms with van der Waals surface area (Å²) in [6, 6.07) is 1.30. The maximum atomic E-state index is 13.4. The number of nitrogens with zero attached hydrogens (tertiary/aromatic N) is 4. The number of rotatable bonds is 6. The number of aromatic nitrogens is 1. The predicted octanol–water partition coefficient (Wildman–Crippen LogP) is 1.83. The lowest BCUT2D eigenvalue weighted by Crippen LogP contribution is -2.56. The van der Waals surface area contributed by atoms with Crippen molar-refractivity contribution in [1.82, 2.24) is 18.7 Å². The zero-order valence-corrected chi connectivity index (χ0v) is 20.6. The van der Waals surface area contributed by atoms with Gasteiger partial charge >= 0.3 is 5.97 Å². The topological polar surface area (TPSA) is 92.2 Å². The van der Waals surface area contributed by atoms with E-state index in [1.165, 1.54) is 53.2 Å². The van der Waals surface area contributed by atoms with Crippen LogP contribution in [0.3, 0.4) is 0 Å². The second-order valence-corrected chi connectivity index (χ2v) is 11.2. The van der Waals surface area contributed by atoms with E-state index in [0.717, 1.165) is 13.1 Å². The van der Waals surface area contributed by atoms with Gasteiger partial charge in [0.15, 0.2) is 0 Å². The minimum atomic E-state index is -3.90. The van der Waals surface area contributed by atoms with Crippen LogP contribution in [-0.4, -0.2) is 90.4 Å². The molecule has 4 rings (SSSR count). The van der Waals surface area contributed by atoms with Crippen molar-refractivity contribution in [2.24, 2.45) is 7.05 Å². The Labute approximate surface area is 196 Å². The molecular formula is C23H36N4O5S. The molecule has 0 aromatic carbocycles. The molecule has 1 aromatic rings. The molecule has 1 amide bonds. The van der Waals surface area contributed by atoms with Crippen LogP contribution >= 0.6 is 0 Å². The molecule has 1 aliphatic carbocycles. The number of piperazine rings is 1. The van der Waals surface area contributed by atoms with Crippen LogP contribution in [0.2, 0.25) is 0 Å². The van der Waals surface area contributed by atoms with Gasteiger partial charge in [-0.05, 0) is 38.7 Å². The molecule has 1 aromatic heterocycles. The van der Waals surface area contributed by atoms with Gasteiger partial charge in [-0.2, -0.15) is 4.31 Å². The van der Waals surface area contributed by atoms with Crippen LogP contribution in [-0.2, 0) is 26.6 Å². The molecule has 3 heterocycles. The van der Waals surface area contributed by atoms with Crippen LogP contribution in [0.1, 0.15) is 62.4 Å². The Hall–Kier alpha value is -1.91. The van der Waals surface area contributed by atoms with Gasteiger partial charge in [0.1, 0.15) is 16.6 Å². The molecule has 2 aliphatic heterocycles. The summed E-state index contributed by atoms with van der Waals surface area (Å²) in [7, 11) is -2.29. The summed E-state index contributed by atoms with van der Waals surface area (Å²) in [6.45, 7) is 5.24. The molecule has 3 aliphatic rings.